The minimum absolute atomic E-state index is 0.00818. The highest BCUT2D eigenvalue weighted by molar-refractivity contribution is 6.07. The Morgan fingerprint density at radius 2 is 1.10 bits per heavy atom. The summed E-state index contributed by atoms with van der Waals surface area (Å²) in [6.07, 6.45) is 3.74. The molecule has 0 saturated carbocycles. The molecule has 2 aromatic carbocycles. The van der Waals surface area contributed by atoms with Gasteiger partial charge in [-0.05, 0) is 48.2 Å². The topological polar surface area (TPSA) is 40.6 Å². The minimum atomic E-state index is -0.237. The lowest BCUT2D eigenvalue weighted by molar-refractivity contribution is -0.140. The van der Waals surface area contributed by atoms with Gasteiger partial charge in [0, 0.05) is 24.9 Å². The van der Waals surface area contributed by atoms with E-state index in [9.17, 15) is 9.59 Å². The van der Waals surface area contributed by atoms with Crippen molar-refractivity contribution < 1.29 is 9.59 Å². The molecule has 4 heteroatoms. The van der Waals surface area contributed by atoms with E-state index in [2.05, 4.69) is 53.4 Å². The molecule has 5 aliphatic rings. The summed E-state index contributed by atoms with van der Waals surface area (Å²) < 4.78 is 0. The number of benzene rings is 2. The monoisotopic (exact) mass is 386 g/mol. The molecule has 3 aliphatic carbocycles. The Morgan fingerprint density at radius 1 is 0.655 bits per heavy atom. The van der Waals surface area contributed by atoms with E-state index < -0.39 is 0 Å². The molecule has 148 valence electrons. The van der Waals surface area contributed by atoms with Crippen LogP contribution >= 0.6 is 0 Å². The molecule has 1 unspecified atom stereocenters. The maximum absolute atomic E-state index is 13.5. The fraction of sp³-hybridized carbons (Fsp3) is 0.440. The van der Waals surface area contributed by atoms with Crippen LogP contribution in [0.15, 0.2) is 48.5 Å². The first-order valence-corrected chi connectivity index (χ1v) is 11.0. The zero-order chi connectivity index (χ0) is 19.5. The Balaban J connectivity index is 1.37. The molecule has 0 spiro atoms. The Kier molecular flexibility index (Phi) is 3.92. The van der Waals surface area contributed by atoms with Crippen molar-refractivity contribution in [2.24, 2.45) is 11.8 Å². The van der Waals surface area contributed by atoms with Crippen LogP contribution in [0.5, 0.6) is 0 Å². The van der Waals surface area contributed by atoms with Gasteiger partial charge in [-0.15, -0.1) is 0 Å². The van der Waals surface area contributed by atoms with Crippen LogP contribution < -0.4 is 0 Å². The quantitative estimate of drug-likeness (QED) is 0.760. The molecule has 0 aromatic heterocycles. The van der Waals surface area contributed by atoms with E-state index in [4.69, 9.17) is 0 Å². The maximum Gasteiger partial charge on any atom is 0.234 e. The second-order valence-electron chi connectivity index (χ2n) is 9.00. The first-order chi connectivity index (χ1) is 14.3. The van der Waals surface area contributed by atoms with Gasteiger partial charge in [-0.1, -0.05) is 55.0 Å². The van der Waals surface area contributed by atoms with Crippen LogP contribution in [-0.4, -0.2) is 47.8 Å². The lowest BCUT2D eigenvalue weighted by atomic mass is 9.55. The van der Waals surface area contributed by atoms with Crippen LogP contribution in [0, 0.1) is 11.8 Å². The second kappa shape index (κ2) is 6.53. The van der Waals surface area contributed by atoms with Gasteiger partial charge in [-0.3, -0.25) is 14.5 Å². The van der Waals surface area contributed by atoms with Crippen molar-refractivity contribution in [2.45, 2.75) is 31.1 Å². The largest absolute Gasteiger partial charge is 0.302 e. The van der Waals surface area contributed by atoms with Crippen molar-refractivity contribution in [3.63, 3.8) is 0 Å². The van der Waals surface area contributed by atoms with E-state index in [-0.39, 0.29) is 35.5 Å². The number of likely N-dealkylation sites (tertiary alicyclic amines) is 2. The summed E-state index contributed by atoms with van der Waals surface area (Å²) in [7, 11) is 0. The Labute approximate surface area is 171 Å². The van der Waals surface area contributed by atoms with Crippen molar-refractivity contribution in [3.8, 4) is 0 Å². The molecule has 2 aromatic rings. The molecular weight excluding hydrogens is 360 g/mol. The SMILES string of the molecule is O=C1C2C3c4ccccc4C(c4ccccc43)[C@@H]2C(=O)N1CCN1CCCCC1. The fourth-order valence-electron chi connectivity index (χ4n) is 6.38. The van der Waals surface area contributed by atoms with Gasteiger partial charge in [-0.2, -0.15) is 0 Å². The van der Waals surface area contributed by atoms with Gasteiger partial charge < -0.3 is 4.90 Å². The molecule has 29 heavy (non-hydrogen) atoms. The summed E-state index contributed by atoms with van der Waals surface area (Å²) in [6.45, 7) is 3.53. The first kappa shape index (κ1) is 17.4. The van der Waals surface area contributed by atoms with Crippen LogP contribution in [0.3, 0.4) is 0 Å². The summed E-state index contributed by atoms with van der Waals surface area (Å²) in [6, 6.07) is 16.9. The third-order valence-corrected chi connectivity index (χ3v) is 7.63. The van der Waals surface area contributed by atoms with E-state index in [1.54, 1.807) is 4.90 Å². The summed E-state index contributed by atoms with van der Waals surface area (Å²) >= 11 is 0. The number of hydrogen-bond donors (Lipinski definition) is 0. The van der Waals surface area contributed by atoms with E-state index >= 15 is 0 Å². The molecule has 2 heterocycles. The zero-order valence-electron chi connectivity index (χ0n) is 16.6. The van der Waals surface area contributed by atoms with Gasteiger partial charge in [0.05, 0.1) is 11.8 Å². The predicted octanol–water partition coefficient (Wildman–Crippen LogP) is 3.36. The van der Waals surface area contributed by atoms with Crippen LogP contribution in [0.1, 0.15) is 53.4 Å². The number of rotatable bonds is 3. The molecule has 0 N–H and O–H groups in total. The molecule has 4 nitrogen and oxygen atoms in total. The molecule has 2 atom stereocenters. The standard InChI is InChI=1S/C25H26N2O2/c28-24-22-20-16-8-2-3-9-17(16)21(19-11-5-4-10-18(19)20)23(22)25(29)27(24)15-14-26-12-6-1-7-13-26/h2-5,8-11,20-23H,1,6-7,12-15H2/t20?,21?,22-,23?/m0/s1. The number of hydrogen-bond acceptors (Lipinski definition) is 3. The summed E-state index contributed by atoms with van der Waals surface area (Å²) in [5.41, 5.74) is 4.99. The fourth-order valence-corrected chi connectivity index (χ4v) is 6.38. The van der Waals surface area contributed by atoms with Gasteiger partial charge in [0.15, 0.2) is 0 Å². The zero-order valence-corrected chi connectivity index (χ0v) is 16.6. The van der Waals surface area contributed by atoms with Gasteiger partial charge in [0.1, 0.15) is 0 Å². The van der Waals surface area contributed by atoms with E-state index in [0.717, 1.165) is 19.6 Å². The smallest absolute Gasteiger partial charge is 0.234 e. The maximum atomic E-state index is 13.5. The highest BCUT2D eigenvalue weighted by Crippen LogP contribution is 2.60. The van der Waals surface area contributed by atoms with Crippen LogP contribution in [0.25, 0.3) is 0 Å². The Bertz CT molecular complexity index is 878. The number of carbonyl (C=O) groups is 2. The third-order valence-electron chi connectivity index (χ3n) is 7.63. The van der Waals surface area contributed by atoms with Crippen molar-refractivity contribution in [3.05, 3.63) is 70.8 Å². The minimum Gasteiger partial charge on any atom is -0.302 e. The van der Waals surface area contributed by atoms with E-state index in [1.165, 1.54) is 41.5 Å². The van der Waals surface area contributed by atoms with Crippen molar-refractivity contribution in [2.75, 3.05) is 26.2 Å². The molecule has 2 bridgehead atoms. The lowest BCUT2D eigenvalue weighted by Crippen LogP contribution is -2.41. The molecular formula is C25H26N2O2. The van der Waals surface area contributed by atoms with Gasteiger partial charge in [0.2, 0.25) is 11.8 Å². The van der Waals surface area contributed by atoms with Gasteiger partial charge in [0.25, 0.3) is 0 Å². The van der Waals surface area contributed by atoms with Crippen molar-refractivity contribution in [1.29, 1.82) is 0 Å². The van der Waals surface area contributed by atoms with E-state index in [1.807, 2.05) is 0 Å². The summed E-state index contributed by atoms with van der Waals surface area (Å²) in [5.74, 6) is -0.355. The Hall–Kier alpha value is -2.46. The predicted molar refractivity (Wildman–Crippen MR) is 111 cm³/mol. The van der Waals surface area contributed by atoms with Gasteiger partial charge >= 0.3 is 0 Å². The number of amides is 2. The van der Waals surface area contributed by atoms with Crippen molar-refractivity contribution in [1.82, 2.24) is 9.80 Å². The average Bonchev–Trinajstić information content (AvgIpc) is 3.03. The normalized spacial score (nSPS) is 30.3. The highest BCUT2D eigenvalue weighted by Gasteiger charge is 2.61. The highest BCUT2D eigenvalue weighted by atomic mass is 16.2. The third kappa shape index (κ3) is 2.42. The van der Waals surface area contributed by atoms with Crippen LogP contribution in [-0.2, 0) is 9.59 Å². The number of nitrogens with zero attached hydrogens (tertiary/aromatic N) is 2. The molecule has 2 fully saturated rings. The molecule has 2 amide bonds. The summed E-state index contributed by atoms with van der Waals surface area (Å²) in [5, 5.41) is 0. The van der Waals surface area contributed by atoms with Gasteiger partial charge in [-0.25, -0.2) is 0 Å². The molecule has 2 saturated heterocycles. The number of imide groups is 1. The molecule has 7 rings (SSSR count). The van der Waals surface area contributed by atoms with E-state index in [0.29, 0.717) is 6.54 Å². The molecule has 0 radical (unpaired) electrons. The average molecular weight is 386 g/mol. The van der Waals surface area contributed by atoms with Crippen molar-refractivity contribution >= 4 is 11.8 Å². The number of carbonyl (C=O) groups excluding carboxylic acids is 2. The molecule has 2 aliphatic heterocycles. The van der Waals surface area contributed by atoms with Crippen LogP contribution in [0.4, 0.5) is 0 Å². The lowest BCUT2D eigenvalue weighted by Gasteiger charge is -2.45. The second-order valence-corrected chi connectivity index (χ2v) is 9.00. The summed E-state index contributed by atoms with van der Waals surface area (Å²) in [4.78, 5) is 31.0. The first-order valence-electron chi connectivity index (χ1n) is 11.0. The van der Waals surface area contributed by atoms with Crippen LogP contribution in [0.2, 0.25) is 0 Å². The number of piperidine rings is 1. The Morgan fingerprint density at radius 3 is 1.55 bits per heavy atom.